The Morgan fingerprint density at radius 1 is 1.05 bits per heavy atom. The smallest absolute Gasteiger partial charge is 0.305 e. The van der Waals surface area contributed by atoms with Crippen molar-refractivity contribution in [3.63, 3.8) is 0 Å². The number of ketones is 1. The first-order valence-electron chi connectivity index (χ1n) is 11.6. The molecule has 0 radical (unpaired) electrons. The predicted octanol–water partition coefficient (Wildman–Crippen LogP) is 0.668. The van der Waals surface area contributed by atoms with E-state index in [4.69, 9.17) is 16.2 Å². The first-order valence-corrected chi connectivity index (χ1v) is 11.6. The van der Waals surface area contributed by atoms with E-state index in [1.54, 1.807) is 36.4 Å². The first-order chi connectivity index (χ1) is 18.0. The van der Waals surface area contributed by atoms with Crippen molar-refractivity contribution in [2.45, 2.75) is 32.2 Å². The fourth-order valence-electron chi connectivity index (χ4n) is 3.13. The number of ether oxygens (including phenoxy) is 1. The lowest BCUT2D eigenvalue weighted by Crippen LogP contribution is -2.48. The molecule has 0 bridgehead atoms. The van der Waals surface area contributed by atoms with E-state index >= 15 is 0 Å². The molecular formula is C25H30N6O7. The topological polar surface area (TPSA) is 215 Å². The molecule has 2 rings (SSSR count). The molecule has 0 aromatic heterocycles. The Labute approximate surface area is 218 Å². The van der Waals surface area contributed by atoms with Gasteiger partial charge in [-0.3, -0.25) is 19.2 Å². The molecule has 2 aromatic carbocycles. The van der Waals surface area contributed by atoms with Gasteiger partial charge in [-0.25, -0.2) is 4.99 Å². The summed E-state index contributed by atoms with van der Waals surface area (Å²) in [5.74, 6) is -3.01. The van der Waals surface area contributed by atoms with Gasteiger partial charge in [-0.2, -0.15) is 0 Å². The second-order valence-electron chi connectivity index (χ2n) is 8.16. The van der Waals surface area contributed by atoms with Crippen LogP contribution in [0.3, 0.4) is 0 Å². The van der Waals surface area contributed by atoms with E-state index in [1.807, 2.05) is 0 Å². The number of benzene rings is 2. The highest BCUT2D eigenvalue weighted by Crippen LogP contribution is 2.17. The molecule has 0 aliphatic carbocycles. The van der Waals surface area contributed by atoms with Crippen LogP contribution < -0.4 is 32.2 Å². The average molecular weight is 527 g/mol. The van der Waals surface area contributed by atoms with E-state index in [0.717, 1.165) is 0 Å². The van der Waals surface area contributed by atoms with Crippen molar-refractivity contribution in [1.29, 1.82) is 0 Å². The number of carboxylic acids is 1. The van der Waals surface area contributed by atoms with Crippen LogP contribution in [-0.4, -0.2) is 59.7 Å². The zero-order valence-electron chi connectivity index (χ0n) is 20.7. The summed E-state index contributed by atoms with van der Waals surface area (Å²) in [6.45, 7) is 1.35. The van der Waals surface area contributed by atoms with Crippen LogP contribution in [-0.2, 0) is 19.2 Å². The Balaban J connectivity index is 1.91. The SMILES string of the molecule is CC(=O)CCCOc1ccc(NC(=O)[C@H](CC(=O)O)NC(=O)CNC(=O)c2cccc(N=C(N)N)c2)cc1. The third-order valence-electron chi connectivity index (χ3n) is 4.87. The second-order valence-corrected chi connectivity index (χ2v) is 8.16. The molecule has 0 saturated carbocycles. The monoisotopic (exact) mass is 526 g/mol. The van der Waals surface area contributed by atoms with Crippen molar-refractivity contribution in [1.82, 2.24) is 10.6 Å². The largest absolute Gasteiger partial charge is 0.494 e. The van der Waals surface area contributed by atoms with E-state index in [0.29, 0.717) is 36.6 Å². The third-order valence-corrected chi connectivity index (χ3v) is 4.87. The van der Waals surface area contributed by atoms with E-state index in [9.17, 15) is 29.1 Å². The van der Waals surface area contributed by atoms with Gasteiger partial charge < -0.3 is 42.1 Å². The van der Waals surface area contributed by atoms with Crippen LogP contribution >= 0.6 is 0 Å². The Morgan fingerprint density at radius 2 is 1.76 bits per heavy atom. The van der Waals surface area contributed by atoms with Crippen LogP contribution in [0, 0.1) is 0 Å². The number of guanidine groups is 1. The highest BCUT2D eigenvalue weighted by molar-refractivity contribution is 6.00. The summed E-state index contributed by atoms with van der Waals surface area (Å²) in [7, 11) is 0. The number of carbonyl (C=O) groups excluding carboxylic acids is 4. The molecule has 0 saturated heterocycles. The van der Waals surface area contributed by atoms with Gasteiger partial charge in [0.25, 0.3) is 5.91 Å². The molecule has 0 aliphatic heterocycles. The molecule has 2 aromatic rings. The number of hydrogen-bond donors (Lipinski definition) is 6. The van der Waals surface area contributed by atoms with E-state index in [1.165, 1.54) is 19.1 Å². The summed E-state index contributed by atoms with van der Waals surface area (Å²) in [6.07, 6.45) is 0.319. The minimum atomic E-state index is -1.40. The highest BCUT2D eigenvalue weighted by Gasteiger charge is 2.24. The van der Waals surface area contributed by atoms with E-state index in [-0.39, 0.29) is 17.3 Å². The Morgan fingerprint density at radius 3 is 2.39 bits per heavy atom. The average Bonchev–Trinajstić information content (AvgIpc) is 2.85. The lowest BCUT2D eigenvalue weighted by Gasteiger charge is -2.17. The Hall–Kier alpha value is -4.94. The van der Waals surface area contributed by atoms with Crippen LogP contribution in [0.2, 0.25) is 0 Å². The molecule has 13 heteroatoms. The fraction of sp³-hybridized carbons (Fsp3) is 0.280. The maximum absolute atomic E-state index is 12.7. The van der Waals surface area contributed by atoms with Gasteiger partial charge in [0.05, 0.1) is 25.3 Å². The Bertz CT molecular complexity index is 1190. The van der Waals surface area contributed by atoms with Crippen LogP contribution in [0.15, 0.2) is 53.5 Å². The molecule has 1 atom stereocenters. The van der Waals surface area contributed by atoms with Gasteiger partial charge >= 0.3 is 5.97 Å². The van der Waals surface area contributed by atoms with Crippen LogP contribution in [0.1, 0.15) is 36.5 Å². The third kappa shape index (κ3) is 10.8. The van der Waals surface area contributed by atoms with Crippen molar-refractivity contribution >= 4 is 46.8 Å². The standard InChI is InChI=1S/C25H30N6O7/c1-15(32)4-3-11-38-19-9-7-17(8-10-19)29-24(37)20(13-22(34)35)31-21(33)14-28-23(36)16-5-2-6-18(12-16)30-25(26)27/h2,5-10,12,20H,3-4,11,13-14H2,1H3,(H,28,36)(H,29,37)(H,31,33)(H,34,35)(H4,26,27,30)/t20-/m0/s1. The van der Waals surface area contributed by atoms with Crippen molar-refractivity contribution in [2.24, 2.45) is 16.5 Å². The zero-order chi connectivity index (χ0) is 28.1. The number of Topliss-reactive ketones (excluding diaryl/α,β-unsaturated/α-hetero) is 1. The van der Waals surface area contributed by atoms with Crippen molar-refractivity contribution < 1.29 is 33.8 Å². The van der Waals surface area contributed by atoms with Crippen LogP contribution in [0.25, 0.3) is 0 Å². The molecule has 8 N–H and O–H groups in total. The second kappa shape index (κ2) is 14.6. The van der Waals surface area contributed by atoms with Crippen molar-refractivity contribution in [2.75, 3.05) is 18.5 Å². The van der Waals surface area contributed by atoms with Gasteiger partial charge in [-0.05, 0) is 55.8 Å². The normalized spacial score (nSPS) is 11.0. The molecule has 202 valence electrons. The van der Waals surface area contributed by atoms with Gasteiger partial charge in [0.1, 0.15) is 17.6 Å². The maximum atomic E-state index is 12.7. The van der Waals surface area contributed by atoms with Crippen LogP contribution in [0.5, 0.6) is 5.75 Å². The number of rotatable bonds is 14. The summed E-state index contributed by atoms with van der Waals surface area (Å²) in [5, 5.41) is 16.4. The van der Waals surface area contributed by atoms with Gasteiger partial charge in [0.2, 0.25) is 11.8 Å². The highest BCUT2D eigenvalue weighted by atomic mass is 16.5. The number of anilines is 1. The zero-order valence-corrected chi connectivity index (χ0v) is 20.7. The van der Waals surface area contributed by atoms with Gasteiger partial charge in [0, 0.05) is 17.7 Å². The van der Waals surface area contributed by atoms with Gasteiger partial charge in [0.15, 0.2) is 5.96 Å². The molecule has 0 unspecified atom stereocenters. The molecule has 38 heavy (non-hydrogen) atoms. The number of carboxylic acid groups (broad SMARTS) is 1. The molecule has 0 aliphatic rings. The number of nitrogens with one attached hydrogen (secondary N) is 3. The molecule has 0 heterocycles. The maximum Gasteiger partial charge on any atom is 0.305 e. The molecular weight excluding hydrogens is 496 g/mol. The minimum absolute atomic E-state index is 0.0753. The summed E-state index contributed by atoms with van der Waals surface area (Å²) in [5.41, 5.74) is 11.5. The number of nitrogens with zero attached hydrogens (tertiary/aromatic N) is 1. The van der Waals surface area contributed by atoms with E-state index in [2.05, 4.69) is 20.9 Å². The lowest BCUT2D eigenvalue weighted by atomic mass is 10.1. The van der Waals surface area contributed by atoms with Crippen molar-refractivity contribution in [3.05, 3.63) is 54.1 Å². The number of aliphatic imine (C=N–C) groups is 1. The first kappa shape index (κ1) is 29.3. The summed E-state index contributed by atoms with van der Waals surface area (Å²) in [6, 6.07) is 10.9. The fourth-order valence-corrected chi connectivity index (χ4v) is 3.13. The molecule has 0 spiro atoms. The number of hydrogen-bond acceptors (Lipinski definition) is 7. The van der Waals surface area contributed by atoms with Gasteiger partial charge in [-0.15, -0.1) is 0 Å². The lowest BCUT2D eigenvalue weighted by molar-refractivity contribution is -0.139. The van der Waals surface area contributed by atoms with Crippen molar-refractivity contribution in [3.8, 4) is 5.75 Å². The number of carbonyl (C=O) groups is 5. The Kier molecular flexibility index (Phi) is 11.2. The number of aliphatic carboxylic acids is 1. The predicted molar refractivity (Wildman–Crippen MR) is 139 cm³/mol. The molecule has 13 nitrogen and oxygen atoms in total. The quantitative estimate of drug-likeness (QED) is 0.116. The molecule has 0 fully saturated rings. The molecule has 3 amide bonds. The summed E-state index contributed by atoms with van der Waals surface area (Å²) < 4.78 is 5.52. The van der Waals surface area contributed by atoms with Crippen LogP contribution in [0.4, 0.5) is 11.4 Å². The number of nitrogens with two attached hydrogens (primary N) is 2. The van der Waals surface area contributed by atoms with Gasteiger partial charge in [-0.1, -0.05) is 6.07 Å². The summed E-state index contributed by atoms with van der Waals surface area (Å²) >= 11 is 0. The number of amides is 3. The van der Waals surface area contributed by atoms with E-state index < -0.39 is 42.7 Å². The summed E-state index contributed by atoms with van der Waals surface area (Å²) in [4.78, 5) is 63.4. The minimum Gasteiger partial charge on any atom is -0.494 e.